The van der Waals surface area contributed by atoms with Gasteiger partial charge in [0.2, 0.25) is 0 Å². The number of nitrogens with zero attached hydrogens (tertiary/aromatic N) is 1. The van der Waals surface area contributed by atoms with Gasteiger partial charge in [0.15, 0.2) is 0 Å². The van der Waals surface area contributed by atoms with E-state index in [0.29, 0.717) is 23.0 Å². The number of hydrogen-bond acceptors (Lipinski definition) is 5. The molecule has 0 spiro atoms. The van der Waals surface area contributed by atoms with Gasteiger partial charge < -0.3 is 9.47 Å². The molecular formula is C26H25NO4S. The molecule has 164 valence electrons. The number of rotatable bonds is 8. The standard InChI is InChI=1S/C26H25NO4S/c1-3-15-31-23-13-10-19-6-4-5-7-21(19)22(23)17-24-25(28)27(26(29)32-24)14-16-30-20-11-8-18(2)9-12-20/h4-13,17H,3,14-16H2,1-2H3/b24-17-. The normalized spacial score (nSPS) is 15.1. The minimum atomic E-state index is -0.304. The van der Waals surface area contributed by atoms with Crippen LogP contribution in [0.4, 0.5) is 4.79 Å². The molecule has 0 bridgehead atoms. The van der Waals surface area contributed by atoms with E-state index >= 15 is 0 Å². The van der Waals surface area contributed by atoms with Gasteiger partial charge in [-0.3, -0.25) is 14.5 Å². The van der Waals surface area contributed by atoms with Crippen molar-refractivity contribution in [3.05, 3.63) is 76.7 Å². The van der Waals surface area contributed by atoms with E-state index in [1.807, 2.05) is 74.5 Å². The van der Waals surface area contributed by atoms with E-state index in [2.05, 4.69) is 0 Å². The molecule has 0 N–H and O–H groups in total. The summed E-state index contributed by atoms with van der Waals surface area (Å²) in [6.07, 6.45) is 2.66. The second-order valence-corrected chi connectivity index (χ2v) is 8.54. The molecule has 0 aromatic heterocycles. The minimum Gasteiger partial charge on any atom is -0.493 e. The summed E-state index contributed by atoms with van der Waals surface area (Å²) in [5.74, 6) is 1.12. The molecule has 0 saturated carbocycles. The molecule has 5 nitrogen and oxygen atoms in total. The van der Waals surface area contributed by atoms with Crippen LogP contribution in [0.5, 0.6) is 11.5 Å². The second-order valence-electron chi connectivity index (χ2n) is 7.54. The van der Waals surface area contributed by atoms with E-state index in [1.54, 1.807) is 6.08 Å². The highest BCUT2D eigenvalue weighted by Crippen LogP contribution is 2.36. The van der Waals surface area contributed by atoms with Crippen molar-refractivity contribution in [1.29, 1.82) is 0 Å². The van der Waals surface area contributed by atoms with E-state index in [4.69, 9.17) is 9.47 Å². The fourth-order valence-electron chi connectivity index (χ4n) is 3.48. The van der Waals surface area contributed by atoms with Gasteiger partial charge in [-0.1, -0.05) is 55.0 Å². The van der Waals surface area contributed by atoms with E-state index in [1.165, 1.54) is 4.90 Å². The molecule has 1 saturated heterocycles. The Morgan fingerprint density at radius 3 is 2.50 bits per heavy atom. The van der Waals surface area contributed by atoms with Gasteiger partial charge >= 0.3 is 0 Å². The summed E-state index contributed by atoms with van der Waals surface area (Å²) in [7, 11) is 0. The highest BCUT2D eigenvalue weighted by molar-refractivity contribution is 8.18. The molecule has 0 radical (unpaired) electrons. The number of ether oxygens (including phenoxy) is 2. The molecule has 32 heavy (non-hydrogen) atoms. The van der Waals surface area contributed by atoms with Crippen molar-refractivity contribution in [2.24, 2.45) is 0 Å². The Kier molecular flexibility index (Phi) is 6.81. The number of carbonyl (C=O) groups is 2. The molecule has 1 heterocycles. The van der Waals surface area contributed by atoms with Crippen LogP contribution in [-0.4, -0.2) is 35.8 Å². The summed E-state index contributed by atoms with van der Waals surface area (Å²) in [6, 6.07) is 19.5. The van der Waals surface area contributed by atoms with Crippen LogP contribution in [0.2, 0.25) is 0 Å². The SMILES string of the molecule is CCCOc1ccc2ccccc2c1/C=C1\SC(=O)N(CCOc2ccc(C)cc2)C1=O. The van der Waals surface area contributed by atoms with E-state index in [-0.39, 0.29) is 24.3 Å². The van der Waals surface area contributed by atoms with Gasteiger partial charge in [0.25, 0.3) is 11.1 Å². The maximum absolute atomic E-state index is 13.0. The predicted octanol–water partition coefficient (Wildman–Crippen LogP) is 6.05. The van der Waals surface area contributed by atoms with E-state index < -0.39 is 0 Å². The van der Waals surface area contributed by atoms with Gasteiger partial charge in [-0.15, -0.1) is 0 Å². The number of fused-ring (bicyclic) bond motifs is 1. The number of imide groups is 1. The van der Waals surface area contributed by atoms with Crippen molar-refractivity contribution >= 4 is 39.8 Å². The molecule has 4 rings (SSSR count). The molecule has 3 aromatic carbocycles. The third kappa shape index (κ3) is 4.81. The first kappa shape index (κ1) is 22.0. The number of aryl methyl sites for hydroxylation is 1. The number of hydrogen-bond donors (Lipinski definition) is 0. The first-order chi connectivity index (χ1) is 15.6. The van der Waals surface area contributed by atoms with Crippen molar-refractivity contribution in [3.8, 4) is 11.5 Å². The van der Waals surface area contributed by atoms with Crippen molar-refractivity contribution in [3.63, 3.8) is 0 Å². The summed E-state index contributed by atoms with van der Waals surface area (Å²) in [6.45, 7) is 5.07. The van der Waals surface area contributed by atoms with Crippen LogP contribution >= 0.6 is 11.8 Å². The van der Waals surface area contributed by atoms with Gasteiger partial charge in [0.05, 0.1) is 18.1 Å². The Labute approximate surface area is 192 Å². The van der Waals surface area contributed by atoms with Gasteiger partial charge in [-0.2, -0.15) is 0 Å². The number of benzene rings is 3. The van der Waals surface area contributed by atoms with Gasteiger partial charge in [0, 0.05) is 5.56 Å². The van der Waals surface area contributed by atoms with Crippen LogP contribution in [-0.2, 0) is 4.79 Å². The van der Waals surface area contributed by atoms with E-state index in [0.717, 1.165) is 40.1 Å². The van der Waals surface area contributed by atoms with Crippen molar-refractivity contribution in [2.45, 2.75) is 20.3 Å². The quantitative estimate of drug-likeness (QED) is 0.393. The number of thioether (sulfide) groups is 1. The zero-order valence-electron chi connectivity index (χ0n) is 18.2. The summed E-state index contributed by atoms with van der Waals surface area (Å²) in [4.78, 5) is 27.2. The lowest BCUT2D eigenvalue weighted by atomic mass is 10.0. The average Bonchev–Trinajstić information content (AvgIpc) is 3.07. The highest BCUT2D eigenvalue weighted by Gasteiger charge is 2.35. The molecule has 0 atom stereocenters. The highest BCUT2D eigenvalue weighted by atomic mass is 32.2. The molecule has 0 unspecified atom stereocenters. The average molecular weight is 448 g/mol. The second kappa shape index (κ2) is 9.92. The third-order valence-corrected chi connectivity index (χ3v) is 6.05. The summed E-state index contributed by atoms with van der Waals surface area (Å²) in [5, 5.41) is 1.74. The van der Waals surface area contributed by atoms with Crippen molar-refractivity contribution < 1.29 is 19.1 Å². The lowest BCUT2D eigenvalue weighted by Crippen LogP contribution is -2.32. The molecule has 1 aliphatic heterocycles. The Bertz CT molecular complexity index is 1170. The van der Waals surface area contributed by atoms with Crippen LogP contribution in [0.15, 0.2) is 65.6 Å². The molecule has 2 amide bonds. The zero-order chi connectivity index (χ0) is 22.5. The molecule has 6 heteroatoms. The molecule has 3 aromatic rings. The topological polar surface area (TPSA) is 55.8 Å². The van der Waals surface area contributed by atoms with E-state index in [9.17, 15) is 9.59 Å². The maximum atomic E-state index is 13.0. The number of carbonyl (C=O) groups excluding carboxylic acids is 2. The van der Waals surface area contributed by atoms with Crippen molar-refractivity contribution in [1.82, 2.24) is 4.90 Å². The first-order valence-electron chi connectivity index (χ1n) is 10.7. The third-order valence-electron chi connectivity index (χ3n) is 5.15. The number of amides is 2. The van der Waals surface area contributed by atoms with Crippen LogP contribution in [0.1, 0.15) is 24.5 Å². The van der Waals surface area contributed by atoms with Crippen LogP contribution in [0, 0.1) is 6.92 Å². The molecular weight excluding hydrogens is 422 g/mol. The maximum Gasteiger partial charge on any atom is 0.293 e. The summed E-state index contributed by atoms with van der Waals surface area (Å²) >= 11 is 0.953. The molecule has 1 fully saturated rings. The van der Waals surface area contributed by atoms with Crippen LogP contribution in [0.3, 0.4) is 0 Å². The summed E-state index contributed by atoms with van der Waals surface area (Å²) in [5.41, 5.74) is 1.96. The lowest BCUT2D eigenvalue weighted by molar-refractivity contribution is -0.123. The Hall–Kier alpha value is -3.25. The van der Waals surface area contributed by atoms with Crippen molar-refractivity contribution in [2.75, 3.05) is 19.8 Å². The Morgan fingerprint density at radius 1 is 0.938 bits per heavy atom. The van der Waals surface area contributed by atoms with Crippen LogP contribution in [0.25, 0.3) is 16.8 Å². The fourth-order valence-corrected chi connectivity index (χ4v) is 4.32. The van der Waals surface area contributed by atoms with Gasteiger partial charge in [-0.25, -0.2) is 0 Å². The monoisotopic (exact) mass is 447 g/mol. The van der Waals surface area contributed by atoms with Gasteiger partial charge in [-0.05, 0) is 60.2 Å². The smallest absolute Gasteiger partial charge is 0.293 e. The Balaban J connectivity index is 1.54. The largest absolute Gasteiger partial charge is 0.493 e. The first-order valence-corrected chi connectivity index (χ1v) is 11.5. The zero-order valence-corrected chi connectivity index (χ0v) is 19.0. The summed E-state index contributed by atoms with van der Waals surface area (Å²) < 4.78 is 11.6. The van der Waals surface area contributed by atoms with Crippen LogP contribution < -0.4 is 9.47 Å². The molecule has 1 aliphatic rings. The lowest BCUT2D eigenvalue weighted by Gasteiger charge is -2.14. The molecule has 0 aliphatic carbocycles. The fraction of sp³-hybridized carbons (Fsp3) is 0.231. The predicted molar refractivity (Wildman–Crippen MR) is 129 cm³/mol. The van der Waals surface area contributed by atoms with Gasteiger partial charge in [0.1, 0.15) is 18.1 Å². The minimum absolute atomic E-state index is 0.199. The Morgan fingerprint density at radius 2 is 1.72 bits per heavy atom.